The number of aliphatic hydroxyl groups excluding tert-OH is 1. The van der Waals surface area contributed by atoms with Crippen molar-refractivity contribution in [3.63, 3.8) is 0 Å². The zero-order chi connectivity index (χ0) is 12.8. The van der Waals surface area contributed by atoms with Gasteiger partial charge in [0, 0.05) is 19.6 Å². The minimum absolute atomic E-state index is 0.0622. The number of hydrogen-bond acceptors (Lipinski definition) is 3. The second kappa shape index (κ2) is 6.88. The van der Waals surface area contributed by atoms with Gasteiger partial charge in [-0.1, -0.05) is 32.6 Å². The lowest BCUT2D eigenvalue weighted by atomic mass is 9.81. The van der Waals surface area contributed by atoms with E-state index in [-0.39, 0.29) is 11.7 Å². The Morgan fingerprint density at radius 1 is 1.28 bits per heavy atom. The van der Waals surface area contributed by atoms with Crippen LogP contribution in [0.5, 0.6) is 0 Å². The van der Waals surface area contributed by atoms with Crippen LogP contribution < -0.4 is 0 Å². The monoisotopic (exact) mass is 256 g/mol. The summed E-state index contributed by atoms with van der Waals surface area (Å²) in [6.45, 7) is 4.56. The van der Waals surface area contributed by atoms with Gasteiger partial charge in [-0.15, -0.1) is 0 Å². The summed E-state index contributed by atoms with van der Waals surface area (Å²) in [6, 6.07) is 0. The first-order chi connectivity index (χ1) is 8.76. The number of rotatable bonds is 6. The SMILES string of the molecule is CCCCCCC(O)C1CCOC2(CCOC2)C1. The van der Waals surface area contributed by atoms with Crippen LogP contribution in [0.3, 0.4) is 0 Å². The maximum absolute atomic E-state index is 10.3. The minimum atomic E-state index is -0.136. The van der Waals surface area contributed by atoms with Crippen molar-refractivity contribution < 1.29 is 14.6 Å². The van der Waals surface area contributed by atoms with Gasteiger partial charge in [0.05, 0.1) is 18.3 Å². The highest BCUT2D eigenvalue weighted by Crippen LogP contribution is 2.37. The molecule has 1 N–H and O–H groups in total. The molecule has 0 bridgehead atoms. The second-order valence-electron chi connectivity index (χ2n) is 6.00. The van der Waals surface area contributed by atoms with Crippen LogP contribution in [0, 0.1) is 5.92 Å². The van der Waals surface area contributed by atoms with E-state index in [1.54, 1.807) is 0 Å². The fourth-order valence-electron chi connectivity index (χ4n) is 3.27. The van der Waals surface area contributed by atoms with Gasteiger partial charge < -0.3 is 14.6 Å². The molecule has 2 rings (SSSR count). The molecule has 3 atom stereocenters. The maximum Gasteiger partial charge on any atom is 0.0940 e. The van der Waals surface area contributed by atoms with E-state index in [9.17, 15) is 5.11 Å². The van der Waals surface area contributed by atoms with E-state index in [0.29, 0.717) is 5.92 Å². The van der Waals surface area contributed by atoms with E-state index >= 15 is 0 Å². The maximum atomic E-state index is 10.3. The molecule has 0 aromatic heterocycles. The van der Waals surface area contributed by atoms with Crippen molar-refractivity contribution in [2.24, 2.45) is 5.92 Å². The molecule has 1 spiro atoms. The standard InChI is InChI=1S/C15H28O3/c1-2-3-4-5-6-14(16)13-7-9-18-15(11-13)8-10-17-12-15/h13-14,16H,2-12H2,1H3. The van der Waals surface area contributed by atoms with Crippen molar-refractivity contribution in [2.75, 3.05) is 19.8 Å². The van der Waals surface area contributed by atoms with Crippen LogP contribution in [-0.4, -0.2) is 36.6 Å². The largest absolute Gasteiger partial charge is 0.393 e. The molecule has 0 amide bonds. The molecule has 3 heteroatoms. The molecule has 0 aromatic rings. The Labute approximate surface area is 111 Å². The van der Waals surface area contributed by atoms with E-state index in [1.165, 1.54) is 19.3 Å². The summed E-state index contributed by atoms with van der Waals surface area (Å²) >= 11 is 0. The Balaban J connectivity index is 1.74. The summed E-state index contributed by atoms with van der Waals surface area (Å²) in [4.78, 5) is 0. The summed E-state index contributed by atoms with van der Waals surface area (Å²) in [5.41, 5.74) is -0.0622. The summed E-state index contributed by atoms with van der Waals surface area (Å²) in [5.74, 6) is 0.419. The minimum Gasteiger partial charge on any atom is -0.393 e. The lowest BCUT2D eigenvalue weighted by Gasteiger charge is -2.39. The van der Waals surface area contributed by atoms with Gasteiger partial charge in [0.15, 0.2) is 0 Å². The number of hydrogen-bond donors (Lipinski definition) is 1. The topological polar surface area (TPSA) is 38.7 Å². The second-order valence-corrected chi connectivity index (χ2v) is 6.00. The smallest absolute Gasteiger partial charge is 0.0940 e. The third-order valence-corrected chi connectivity index (χ3v) is 4.50. The number of ether oxygens (including phenoxy) is 2. The lowest BCUT2D eigenvalue weighted by molar-refractivity contribution is -0.117. The van der Waals surface area contributed by atoms with Crippen molar-refractivity contribution in [1.29, 1.82) is 0 Å². The molecule has 0 aromatic carbocycles. The highest BCUT2D eigenvalue weighted by Gasteiger charge is 2.42. The Bertz CT molecular complexity index is 236. The zero-order valence-corrected chi connectivity index (χ0v) is 11.7. The average Bonchev–Trinajstić information content (AvgIpc) is 2.82. The predicted octanol–water partition coefficient (Wildman–Crippen LogP) is 2.90. The molecule has 2 aliphatic rings. The highest BCUT2D eigenvalue weighted by molar-refractivity contribution is 4.92. The normalized spacial score (nSPS) is 34.0. The fraction of sp³-hybridized carbons (Fsp3) is 1.00. The van der Waals surface area contributed by atoms with Gasteiger partial charge in [-0.05, 0) is 25.2 Å². The Kier molecular flexibility index (Phi) is 5.46. The molecule has 0 aliphatic carbocycles. The van der Waals surface area contributed by atoms with Crippen LogP contribution in [0.1, 0.15) is 58.3 Å². The van der Waals surface area contributed by atoms with Crippen LogP contribution >= 0.6 is 0 Å². The third kappa shape index (κ3) is 3.69. The third-order valence-electron chi connectivity index (χ3n) is 4.50. The predicted molar refractivity (Wildman–Crippen MR) is 71.6 cm³/mol. The van der Waals surface area contributed by atoms with E-state index in [2.05, 4.69) is 6.92 Å². The molecule has 0 radical (unpaired) electrons. The summed E-state index contributed by atoms with van der Waals surface area (Å²) < 4.78 is 11.4. The molecular formula is C15H28O3. The summed E-state index contributed by atoms with van der Waals surface area (Å²) in [6.07, 6.45) is 8.79. The van der Waals surface area contributed by atoms with E-state index in [4.69, 9.17) is 9.47 Å². The first-order valence-corrected chi connectivity index (χ1v) is 7.65. The molecule has 2 heterocycles. The number of aliphatic hydroxyl groups is 1. The number of unbranched alkanes of at least 4 members (excludes halogenated alkanes) is 3. The Morgan fingerprint density at radius 3 is 2.89 bits per heavy atom. The molecule has 2 fully saturated rings. The molecular weight excluding hydrogens is 228 g/mol. The van der Waals surface area contributed by atoms with Crippen LogP contribution in [-0.2, 0) is 9.47 Å². The highest BCUT2D eigenvalue weighted by atomic mass is 16.6. The molecule has 2 saturated heterocycles. The Morgan fingerprint density at radius 2 is 2.17 bits per heavy atom. The van der Waals surface area contributed by atoms with Gasteiger partial charge in [0.2, 0.25) is 0 Å². The summed E-state index contributed by atoms with van der Waals surface area (Å²) in [7, 11) is 0. The van der Waals surface area contributed by atoms with Crippen LogP contribution in [0.2, 0.25) is 0 Å². The van der Waals surface area contributed by atoms with E-state index in [0.717, 1.165) is 51.9 Å². The van der Waals surface area contributed by atoms with E-state index in [1.807, 2.05) is 0 Å². The van der Waals surface area contributed by atoms with Gasteiger partial charge in [0.25, 0.3) is 0 Å². The van der Waals surface area contributed by atoms with Gasteiger partial charge in [0.1, 0.15) is 0 Å². The average molecular weight is 256 g/mol. The van der Waals surface area contributed by atoms with Crippen LogP contribution in [0.4, 0.5) is 0 Å². The van der Waals surface area contributed by atoms with Crippen molar-refractivity contribution in [2.45, 2.75) is 70.0 Å². The zero-order valence-electron chi connectivity index (χ0n) is 11.7. The lowest BCUT2D eigenvalue weighted by Crippen LogP contribution is -2.43. The van der Waals surface area contributed by atoms with Crippen molar-refractivity contribution in [3.05, 3.63) is 0 Å². The summed E-state index contributed by atoms with van der Waals surface area (Å²) in [5, 5.41) is 10.3. The molecule has 106 valence electrons. The first-order valence-electron chi connectivity index (χ1n) is 7.65. The van der Waals surface area contributed by atoms with Crippen LogP contribution in [0.15, 0.2) is 0 Å². The molecule has 18 heavy (non-hydrogen) atoms. The van der Waals surface area contributed by atoms with Gasteiger partial charge in [-0.3, -0.25) is 0 Å². The van der Waals surface area contributed by atoms with Crippen molar-refractivity contribution in [3.8, 4) is 0 Å². The molecule has 0 saturated carbocycles. The molecule has 3 unspecified atom stereocenters. The first kappa shape index (κ1) is 14.3. The van der Waals surface area contributed by atoms with Crippen LogP contribution in [0.25, 0.3) is 0 Å². The van der Waals surface area contributed by atoms with E-state index < -0.39 is 0 Å². The molecule has 2 aliphatic heterocycles. The van der Waals surface area contributed by atoms with Gasteiger partial charge >= 0.3 is 0 Å². The van der Waals surface area contributed by atoms with Gasteiger partial charge in [-0.2, -0.15) is 0 Å². The van der Waals surface area contributed by atoms with Gasteiger partial charge in [-0.25, -0.2) is 0 Å². The Hall–Kier alpha value is -0.120. The van der Waals surface area contributed by atoms with Crippen molar-refractivity contribution in [1.82, 2.24) is 0 Å². The fourth-order valence-corrected chi connectivity index (χ4v) is 3.27. The quantitative estimate of drug-likeness (QED) is 0.743. The van der Waals surface area contributed by atoms with Crippen molar-refractivity contribution >= 4 is 0 Å². The molecule has 3 nitrogen and oxygen atoms in total.